The predicted molar refractivity (Wildman–Crippen MR) is 106 cm³/mol. The summed E-state index contributed by atoms with van der Waals surface area (Å²) < 4.78 is 0. The minimum atomic E-state index is -0.566. The first-order valence-electron chi connectivity index (χ1n) is 8.73. The second-order valence-corrected chi connectivity index (χ2v) is 7.76. The highest BCUT2D eigenvalue weighted by molar-refractivity contribution is 7.12. The largest absolute Gasteiger partial charge is 0.352 e. The van der Waals surface area contributed by atoms with Crippen molar-refractivity contribution in [2.45, 2.75) is 25.9 Å². The van der Waals surface area contributed by atoms with Crippen LogP contribution in [-0.4, -0.2) is 43.4 Å². The Hall–Kier alpha value is -2.18. The van der Waals surface area contributed by atoms with Crippen LogP contribution in [0.3, 0.4) is 0 Å². The molecule has 1 aromatic carbocycles. The number of nitrogens with one attached hydrogen (secondary N) is 2. The Balaban J connectivity index is 2.01. The Labute approximate surface area is 159 Å². The van der Waals surface area contributed by atoms with Crippen molar-refractivity contribution >= 4 is 23.2 Å². The summed E-state index contributed by atoms with van der Waals surface area (Å²) in [5.41, 5.74) is 1.14. The van der Waals surface area contributed by atoms with E-state index in [4.69, 9.17) is 0 Å². The van der Waals surface area contributed by atoms with Gasteiger partial charge in [0.1, 0.15) is 6.04 Å². The normalized spacial score (nSPS) is 13.5. The van der Waals surface area contributed by atoms with E-state index in [2.05, 4.69) is 27.7 Å². The van der Waals surface area contributed by atoms with Gasteiger partial charge in [-0.15, -0.1) is 11.3 Å². The van der Waals surface area contributed by atoms with E-state index in [9.17, 15) is 9.59 Å². The Morgan fingerprint density at radius 1 is 1.08 bits per heavy atom. The lowest BCUT2D eigenvalue weighted by Crippen LogP contribution is -2.50. The van der Waals surface area contributed by atoms with Crippen molar-refractivity contribution in [1.29, 1.82) is 0 Å². The monoisotopic (exact) mass is 373 g/mol. The number of benzene rings is 1. The molecule has 2 N–H and O–H groups in total. The van der Waals surface area contributed by atoms with Crippen molar-refractivity contribution in [2.75, 3.05) is 20.6 Å². The van der Waals surface area contributed by atoms with Crippen LogP contribution in [0.25, 0.3) is 0 Å². The molecular formula is C20H27N3O2S. The molecule has 0 saturated carbocycles. The van der Waals surface area contributed by atoms with Crippen molar-refractivity contribution in [3.05, 3.63) is 58.3 Å². The number of nitrogens with zero attached hydrogens (tertiary/aromatic N) is 1. The van der Waals surface area contributed by atoms with E-state index < -0.39 is 6.04 Å². The molecule has 5 nitrogen and oxygen atoms in total. The standard InChI is InChI=1S/C20H27N3O2S/c1-14(2)18(22-19(24)17-11-8-12-26-17)20(25)21-13-16(23(3)4)15-9-6-5-7-10-15/h5-12,14,16,18H,13H2,1-4H3,(H,21,25)(H,22,24)/t16-,18+/m0/s1. The maximum Gasteiger partial charge on any atom is 0.262 e. The van der Waals surface area contributed by atoms with Crippen molar-refractivity contribution in [3.8, 4) is 0 Å². The molecule has 0 bridgehead atoms. The van der Waals surface area contributed by atoms with Gasteiger partial charge < -0.3 is 15.5 Å². The zero-order valence-electron chi connectivity index (χ0n) is 15.7. The summed E-state index contributed by atoms with van der Waals surface area (Å²) in [5, 5.41) is 7.71. The molecule has 2 rings (SSSR count). The van der Waals surface area contributed by atoms with Crippen LogP contribution in [0.5, 0.6) is 0 Å². The molecular weight excluding hydrogens is 346 g/mol. The van der Waals surface area contributed by atoms with Crippen molar-refractivity contribution in [3.63, 3.8) is 0 Å². The van der Waals surface area contributed by atoms with Gasteiger partial charge in [-0.25, -0.2) is 0 Å². The minimum absolute atomic E-state index is 0.00607. The molecule has 0 saturated heterocycles. The fraction of sp³-hybridized carbons (Fsp3) is 0.400. The van der Waals surface area contributed by atoms with E-state index >= 15 is 0 Å². The van der Waals surface area contributed by atoms with E-state index in [-0.39, 0.29) is 23.8 Å². The van der Waals surface area contributed by atoms with Gasteiger partial charge in [0, 0.05) is 6.54 Å². The smallest absolute Gasteiger partial charge is 0.262 e. The topological polar surface area (TPSA) is 61.4 Å². The summed E-state index contributed by atoms with van der Waals surface area (Å²) in [6.45, 7) is 4.34. The number of hydrogen-bond donors (Lipinski definition) is 2. The van der Waals surface area contributed by atoms with E-state index in [0.29, 0.717) is 11.4 Å². The molecule has 6 heteroatoms. The van der Waals surface area contributed by atoms with Crippen LogP contribution in [0.2, 0.25) is 0 Å². The predicted octanol–water partition coefficient (Wildman–Crippen LogP) is 2.92. The molecule has 2 aromatic rings. The van der Waals surface area contributed by atoms with Crippen LogP contribution < -0.4 is 10.6 Å². The molecule has 2 amide bonds. The number of carbonyl (C=O) groups excluding carboxylic acids is 2. The third-order valence-corrected chi connectivity index (χ3v) is 5.13. The molecule has 0 aliphatic carbocycles. The number of amides is 2. The van der Waals surface area contributed by atoms with E-state index in [1.54, 1.807) is 6.07 Å². The highest BCUT2D eigenvalue weighted by atomic mass is 32.1. The summed E-state index contributed by atoms with van der Waals surface area (Å²) in [6.07, 6.45) is 0. The molecule has 0 unspecified atom stereocenters. The maximum absolute atomic E-state index is 12.7. The van der Waals surface area contributed by atoms with Gasteiger partial charge in [-0.3, -0.25) is 9.59 Å². The number of hydrogen-bond acceptors (Lipinski definition) is 4. The first-order chi connectivity index (χ1) is 12.4. The first kappa shape index (κ1) is 20.1. The van der Waals surface area contributed by atoms with Gasteiger partial charge in [-0.2, -0.15) is 0 Å². The Morgan fingerprint density at radius 3 is 2.31 bits per heavy atom. The average molecular weight is 374 g/mol. The molecule has 1 heterocycles. The second-order valence-electron chi connectivity index (χ2n) is 6.81. The summed E-state index contributed by atoms with van der Waals surface area (Å²) in [4.78, 5) is 27.7. The number of carbonyl (C=O) groups is 2. The summed E-state index contributed by atoms with van der Waals surface area (Å²) in [6, 6.07) is 13.1. The lowest BCUT2D eigenvalue weighted by molar-refractivity contribution is -0.124. The number of thiophene rings is 1. The molecule has 140 valence electrons. The summed E-state index contributed by atoms with van der Waals surface area (Å²) >= 11 is 1.37. The average Bonchev–Trinajstić information content (AvgIpc) is 3.14. The van der Waals surface area contributed by atoms with Crippen LogP contribution in [0.4, 0.5) is 0 Å². The second kappa shape index (κ2) is 9.50. The molecule has 26 heavy (non-hydrogen) atoms. The van der Waals surface area contributed by atoms with E-state index in [1.807, 2.05) is 57.6 Å². The molecule has 0 aliphatic rings. The molecule has 0 radical (unpaired) electrons. The van der Waals surface area contributed by atoms with Gasteiger partial charge in [0.25, 0.3) is 5.91 Å². The molecule has 0 fully saturated rings. The molecule has 0 spiro atoms. The highest BCUT2D eigenvalue weighted by Gasteiger charge is 2.26. The van der Waals surface area contributed by atoms with Crippen LogP contribution in [0, 0.1) is 5.92 Å². The van der Waals surface area contributed by atoms with Gasteiger partial charge in [0.15, 0.2) is 0 Å². The van der Waals surface area contributed by atoms with E-state index in [0.717, 1.165) is 5.56 Å². The van der Waals surface area contributed by atoms with Crippen LogP contribution in [0.15, 0.2) is 47.8 Å². The minimum Gasteiger partial charge on any atom is -0.352 e. The summed E-state index contributed by atoms with van der Waals surface area (Å²) in [7, 11) is 3.98. The van der Waals surface area contributed by atoms with E-state index in [1.165, 1.54) is 11.3 Å². The Bertz CT molecular complexity index is 699. The van der Waals surface area contributed by atoms with Crippen LogP contribution in [0.1, 0.15) is 35.1 Å². The molecule has 1 aromatic heterocycles. The van der Waals surface area contributed by atoms with Crippen molar-refractivity contribution in [2.24, 2.45) is 5.92 Å². The lowest BCUT2D eigenvalue weighted by atomic mass is 10.0. The van der Waals surface area contributed by atoms with Gasteiger partial charge in [-0.1, -0.05) is 50.2 Å². The highest BCUT2D eigenvalue weighted by Crippen LogP contribution is 2.17. The fourth-order valence-electron chi connectivity index (χ4n) is 2.74. The Morgan fingerprint density at radius 2 is 1.77 bits per heavy atom. The zero-order valence-corrected chi connectivity index (χ0v) is 16.5. The van der Waals surface area contributed by atoms with Gasteiger partial charge in [0.05, 0.1) is 10.9 Å². The Kier molecular flexibility index (Phi) is 7.36. The molecule has 0 aliphatic heterocycles. The number of likely N-dealkylation sites (N-methyl/N-ethyl adjacent to an activating group) is 1. The van der Waals surface area contributed by atoms with Crippen LogP contribution >= 0.6 is 11.3 Å². The zero-order chi connectivity index (χ0) is 19.1. The summed E-state index contributed by atoms with van der Waals surface area (Å²) in [5.74, 6) is -0.373. The fourth-order valence-corrected chi connectivity index (χ4v) is 3.36. The number of rotatable bonds is 8. The maximum atomic E-state index is 12.7. The third-order valence-electron chi connectivity index (χ3n) is 4.26. The SMILES string of the molecule is CC(C)[C@@H](NC(=O)c1cccs1)C(=O)NC[C@@H](c1ccccc1)N(C)C. The van der Waals surface area contributed by atoms with Crippen molar-refractivity contribution in [1.82, 2.24) is 15.5 Å². The van der Waals surface area contributed by atoms with Crippen molar-refractivity contribution < 1.29 is 9.59 Å². The van der Waals surface area contributed by atoms with Gasteiger partial charge in [0.2, 0.25) is 5.91 Å². The third kappa shape index (κ3) is 5.41. The van der Waals surface area contributed by atoms with Gasteiger partial charge >= 0.3 is 0 Å². The molecule has 2 atom stereocenters. The quantitative estimate of drug-likeness (QED) is 0.748. The van der Waals surface area contributed by atoms with Gasteiger partial charge in [-0.05, 0) is 37.0 Å². The van der Waals surface area contributed by atoms with Crippen LogP contribution in [-0.2, 0) is 4.79 Å². The first-order valence-corrected chi connectivity index (χ1v) is 9.61. The lowest BCUT2D eigenvalue weighted by Gasteiger charge is -2.27.